The van der Waals surface area contributed by atoms with Crippen molar-refractivity contribution in [2.24, 2.45) is 4.99 Å². The molecule has 3 amide bonds. The number of alkyl halides is 3. The predicted molar refractivity (Wildman–Crippen MR) is 168 cm³/mol. The van der Waals surface area contributed by atoms with Gasteiger partial charge in [0.15, 0.2) is 11.0 Å². The number of amidine groups is 1. The minimum absolute atomic E-state index is 0.133. The Kier molecular flexibility index (Phi) is 8.47. The van der Waals surface area contributed by atoms with Crippen molar-refractivity contribution in [3.8, 4) is 28.6 Å². The topological polar surface area (TPSA) is 111 Å². The Morgan fingerprint density at radius 1 is 1.04 bits per heavy atom. The van der Waals surface area contributed by atoms with Crippen molar-refractivity contribution in [3.63, 3.8) is 0 Å². The Bertz CT molecular complexity index is 1820. The summed E-state index contributed by atoms with van der Waals surface area (Å²) in [4.78, 5) is 36.2. The number of halogens is 3. The van der Waals surface area contributed by atoms with Crippen molar-refractivity contribution >= 4 is 34.6 Å². The van der Waals surface area contributed by atoms with E-state index < -0.39 is 12.4 Å². The molecule has 0 saturated carbocycles. The van der Waals surface area contributed by atoms with E-state index in [2.05, 4.69) is 25.1 Å². The van der Waals surface area contributed by atoms with Crippen LogP contribution in [0.3, 0.4) is 0 Å². The molecule has 1 atom stereocenters. The average molecular weight is 651 g/mol. The van der Waals surface area contributed by atoms with Crippen molar-refractivity contribution in [2.75, 3.05) is 17.8 Å². The lowest BCUT2D eigenvalue weighted by Gasteiger charge is -2.22. The molecule has 1 aliphatic heterocycles. The van der Waals surface area contributed by atoms with Crippen LogP contribution in [-0.4, -0.2) is 57.1 Å². The standard InChI is InChI=1S/C32H29F3N6O4S/c1-18(2)26-11-10-25(44-3)15-27(26)41-28(42)16-46-31(41)38-30(43)37-22-13-19-4-5-20(12-21(19)14-22)29-36-17-40(39-29)23-6-8-24(9-7-23)45-32(33,34)35/h4-12,15,17-18,22H,13-14,16H2,1-3H3,(H,37,43)/b38-31-. The number of aliphatic imine (C=N–C) groups is 1. The van der Waals surface area contributed by atoms with Crippen LogP contribution in [0.2, 0.25) is 0 Å². The number of benzene rings is 3. The second-order valence-corrected chi connectivity index (χ2v) is 12.0. The number of hydrogen-bond acceptors (Lipinski definition) is 7. The number of anilines is 1. The van der Waals surface area contributed by atoms with Crippen LogP contribution in [0.15, 0.2) is 72.0 Å². The van der Waals surface area contributed by atoms with Gasteiger partial charge in [-0.2, -0.15) is 4.99 Å². The van der Waals surface area contributed by atoms with E-state index in [0.717, 1.165) is 22.3 Å². The number of nitrogens with one attached hydrogen (secondary N) is 1. The highest BCUT2D eigenvalue weighted by Crippen LogP contribution is 2.36. The molecule has 4 aromatic rings. The van der Waals surface area contributed by atoms with Gasteiger partial charge in [-0.15, -0.1) is 18.3 Å². The van der Waals surface area contributed by atoms with E-state index in [1.807, 2.05) is 44.2 Å². The minimum atomic E-state index is -4.77. The van der Waals surface area contributed by atoms with Crippen LogP contribution in [0.4, 0.5) is 23.7 Å². The zero-order chi connectivity index (χ0) is 32.6. The van der Waals surface area contributed by atoms with Gasteiger partial charge in [0.2, 0.25) is 5.91 Å². The monoisotopic (exact) mass is 650 g/mol. The Morgan fingerprint density at radius 3 is 2.50 bits per heavy atom. The first kappa shape index (κ1) is 31.1. The number of nitrogens with zero attached hydrogens (tertiary/aromatic N) is 5. The maximum atomic E-state index is 13.1. The second-order valence-electron chi connectivity index (χ2n) is 11.1. The van der Waals surface area contributed by atoms with Gasteiger partial charge >= 0.3 is 12.4 Å². The Labute approximate surface area is 266 Å². The molecule has 0 bridgehead atoms. The third kappa shape index (κ3) is 6.71. The van der Waals surface area contributed by atoms with Crippen LogP contribution in [0, 0.1) is 0 Å². The lowest BCUT2D eigenvalue weighted by atomic mass is 10.00. The summed E-state index contributed by atoms with van der Waals surface area (Å²) in [6, 6.07) is 16.0. The zero-order valence-electron chi connectivity index (χ0n) is 25.0. The fourth-order valence-electron chi connectivity index (χ4n) is 5.49. The molecule has 1 saturated heterocycles. The van der Waals surface area contributed by atoms with Gasteiger partial charge in [0.25, 0.3) is 0 Å². The molecular formula is C32H29F3N6O4S. The molecule has 2 heterocycles. The van der Waals surface area contributed by atoms with E-state index in [1.165, 1.54) is 51.9 Å². The van der Waals surface area contributed by atoms with Crippen LogP contribution in [0.5, 0.6) is 11.5 Å². The van der Waals surface area contributed by atoms with Crippen LogP contribution < -0.4 is 19.7 Å². The minimum Gasteiger partial charge on any atom is -0.497 e. The van der Waals surface area contributed by atoms with Crippen molar-refractivity contribution < 1.29 is 32.2 Å². The molecule has 14 heteroatoms. The van der Waals surface area contributed by atoms with Gasteiger partial charge < -0.3 is 14.8 Å². The first-order valence-corrected chi connectivity index (χ1v) is 15.4. The number of methoxy groups -OCH3 is 1. The molecule has 10 nitrogen and oxygen atoms in total. The highest BCUT2D eigenvalue weighted by Gasteiger charge is 2.34. The summed E-state index contributed by atoms with van der Waals surface area (Å²) in [7, 11) is 1.56. The van der Waals surface area contributed by atoms with E-state index >= 15 is 0 Å². The normalized spacial score (nSPS) is 17.1. The Morgan fingerprint density at radius 2 is 1.78 bits per heavy atom. The first-order valence-electron chi connectivity index (χ1n) is 14.4. The van der Waals surface area contributed by atoms with Crippen LogP contribution >= 0.6 is 11.8 Å². The fourth-order valence-corrected chi connectivity index (χ4v) is 6.35. The average Bonchev–Trinajstić information content (AvgIpc) is 3.74. The van der Waals surface area contributed by atoms with E-state index in [1.54, 1.807) is 13.2 Å². The van der Waals surface area contributed by atoms with Gasteiger partial charge in [0.1, 0.15) is 17.8 Å². The molecule has 1 N–H and O–H groups in total. The van der Waals surface area contributed by atoms with E-state index in [0.29, 0.717) is 41.0 Å². The first-order chi connectivity index (χ1) is 22.0. The molecule has 1 fully saturated rings. The van der Waals surface area contributed by atoms with Gasteiger partial charge in [-0.05, 0) is 71.8 Å². The molecule has 0 radical (unpaired) electrons. The van der Waals surface area contributed by atoms with Crippen LogP contribution in [-0.2, 0) is 17.6 Å². The third-order valence-electron chi connectivity index (χ3n) is 7.61. The fraction of sp³-hybridized carbons (Fsp3) is 0.281. The maximum Gasteiger partial charge on any atom is 0.573 e. The number of carbonyl (C=O) groups excluding carboxylic acids is 2. The Hall–Kier alpha value is -4.85. The highest BCUT2D eigenvalue weighted by atomic mass is 32.2. The van der Waals surface area contributed by atoms with Gasteiger partial charge in [0, 0.05) is 17.7 Å². The number of rotatable bonds is 7. The number of ether oxygens (including phenoxy) is 2. The quantitative estimate of drug-likeness (QED) is 0.251. The summed E-state index contributed by atoms with van der Waals surface area (Å²) in [5.74, 6) is 0.878. The predicted octanol–water partition coefficient (Wildman–Crippen LogP) is 6.28. The summed E-state index contributed by atoms with van der Waals surface area (Å²) in [5.41, 5.74) is 4.99. The maximum absolute atomic E-state index is 13.1. The summed E-state index contributed by atoms with van der Waals surface area (Å²) in [6.07, 6.45) is -2.10. The number of thioether (sulfide) groups is 1. The summed E-state index contributed by atoms with van der Waals surface area (Å²) in [6.45, 7) is 4.07. The van der Waals surface area contributed by atoms with Gasteiger partial charge in [-0.1, -0.05) is 43.8 Å². The number of aromatic nitrogens is 3. The SMILES string of the molecule is COc1ccc(C(C)C)c(N2C(=O)CS/C2=N\C(=O)NC2Cc3ccc(-c4ncn(-c5ccc(OC(F)(F)F)cc5)n4)cc3C2)c1. The molecule has 6 rings (SSSR count). The number of amides is 3. The number of carbonyl (C=O) groups is 2. The van der Waals surface area contributed by atoms with E-state index in [-0.39, 0.29) is 29.4 Å². The molecule has 1 unspecified atom stereocenters. The second kappa shape index (κ2) is 12.5. The van der Waals surface area contributed by atoms with Gasteiger partial charge in [-0.3, -0.25) is 9.69 Å². The number of fused-ring (bicyclic) bond motifs is 1. The third-order valence-corrected chi connectivity index (χ3v) is 8.54. The molecule has 46 heavy (non-hydrogen) atoms. The lowest BCUT2D eigenvalue weighted by molar-refractivity contribution is -0.274. The molecule has 3 aromatic carbocycles. The number of urea groups is 1. The Balaban J connectivity index is 1.13. The molecule has 1 aliphatic carbocycles. The van der Waals surface area contributed by atoms with Gasteiger partial charge in [-0.25, -0.2) is 14.5 Å². The highest BCUT2D eigenvalue weighted by molar-refractivity contribution is 8.15. The molecule has 0 spiro atoms. The lowest BCUT2D eigenvalue weighted by Crippen LogP contribution is -2.36. The summed E-state index contributed by atoms with van der Waals surface area (Å²) in [5, 5.41) is 7.79. The van der Waals surface area contributed by atoms with Crippen molar-refractivity contribution in [1.82, 2.24) is 20.1 Å². The van der Waals surface area contributed by atoms with E-state index in [9.17, 15) is 22.8 Å². The molecule has 1 aromatic heterocycles. The van der Waals surface area contributed by atoms with E-state index in [4.69, 9.17) is 4.74 Å². The van der Waals surface area contributed by atoms with Crippen LogP contribution in [0.1, 0.15) is 36.5 Å². The van der Waals surface area contributed by atoms with Gasteiger partial charge in [0.05, 0.1) is 24.2 Å². The van der Waals surface area contributed by atoms with Crippen LogP contribution in [0.25, 0.3) is 17.1 Å². The largest absolute Gasteiger partial charge is 0.573 e. The summed E-state index contributed by atoms with van der Waals surface area (Å²) >= 11 is 1.22. The molecular weight excluding hydrogens is 621 g/mol. The number of hydrogen-bond donors (Lipinski definition) is 1. The van der Waals surface area contributed by atoms with Crippen molar-refractivity contribution in [2.45, 2.75) is 45.0 Å². The summed E-state index contributed by atoms with van der Waals surface area (Å²) < 4.78 is 48.2. The van der Waals surface area contributed by atoms with Crippen molar-refractivity contribution in [1.29, 1.82) is 0 Å². The smallest absolute Gasteiger partial charge is 0.497 e. The zero-order valence-corrected chi connectivity index (χ0v) is 25.9. The van der Waals surface area contributed by atoms with Crippen molar-refractivity contribution in [3.05, 3.63) is 83.7 Å². The molecule has 2 aliphatic rings. The molecule has 238 valence electrons.